The van der Waals surface area contributed by atoms with Gasteiger partial charge in [0.25, 0.3) is 0 Å². The lowest BCUT2D eigenvalue weighted by molar-refractivity contribution is 0.991. The second-order valence-electron chi connectivity index (χ2n) is 3.02. The third kappa shape index (κ3) is 1.72. The molecular weight excluding hydrogens is 212 g/mol. The topological polar surface area (TPSA) is 15.3 Å². The van der Waals surface area contributed by atoms with Crippen LogP contribution in [-0.4, -0.2) is 24.5 Å². The summed E-state index contributed by atoms with van der Waals surface area (Å²) in [6.45, 7) is 0.987. The summed E-state index contributed by atoms with van der Waals surface area (Å²) < 4.78 is 0. The van der Waals surface area contributed by atoms with Crippen molar-refractivity contribution in [1.29, 1.82) is 0 Å². The van der Waals surface area contributed by atoms with Crippen LogP contribution in [0.3, 0.4) is 0 Å². The highest BCUT2D eigenvalue weighted by molar-refractivity contribution is 7.99. The van der Waals surface area contributed by atoms with Crippen molar-refractivity contribution in [1.82, 2.24) is 5.32 Å². The molecule has 0 spiro atoms. The number of thioether (sulfide) groups is 1. The van der Waals surface area contributed by atoms with Gasteiger partial charge in [0.2, 0.25) is 0 Å². The van der Waals surface area contributed by atoms with Crippen LogP contribution in [0.4, 0.5) is 5.69 Å². The summed E-state index contributed by atoms with van der Waals surface area (Å²) in [7, 11) is 1.87. The quantitative estimate of drug-likeness (QED) is 0.679. The van der Waals surface area contributed by atoms with Gasteiger partial charge in [-0.25, -0.2) is 0 Å². The van der Waals surface area contributed by atoms with Crippen LogP contribution in [0.25, 0.3) is 0 Å². The van der Waals surface area contributed by atoms with Gasteiger partial charge in [-0.2, -0.15) is 0 Å². The highest BCUT2D eigenvalue weighted by Gasteiger charge is 2.18. The molecule has 2 rings (SSSR count). The number of fused-ring (bicyclic) bond motifs is 1. The number of hydrogen-bond acceptors (Lipinski definition) is 2. The number of nitrogens with one attached hydrogen (secondary N) is 1. The van der Waals surface area contributed by atoms with E-state index in [2.05, 4.69) is 34.5 Å². The van der Waals surface area contributed by atoms with Gasteiger partial charge in [0.05, 0.1) is 5.69 Å². The third-order valence-electron chi connectivity index (χ3n) is 2.19. The van der Waals surface area contributed by atoms with Crippen LogP contribution in [0.5, 0.6) is 0 Å². The maximum absolute atomic E-state index is 5.26. The molecule has 0 radical (unpaired) electrons. The molecule has 0 aromatic heterocycles. The highest BCUT2D eigenvalue weighted by Crippen LogP contribution is 2.34. The van der Waals surface area contributed by atoms with Crippen molar-refractivity contribution in [3.05, 3.63) is 24.3 Å². The molecule has 2 nitrogen and oxygen atoms in total. The van der Waals surface area contributed by atoms with E-state index in [0.717, 1.165) is 17.4 Å². The molecule has 0 atom stereocenters. The maximum Gasteiger partial charge on any atom is 0.173 e. The fourth-order valence-electron chi connectivity index (χ4n) is 1.52. The molecule has 74 valence electrons. The van der Waals surface area contributed by atoms with E-state index >= 15 is 0 Å². The maximum atomic E-state index is 5.26. The Morgan fingerprint density at radius 2 is 2.29 bits per heavy atom. The summed E-state index contributed by atoms with van der Waals surface area (Å²) in [6, 6.07) is 8.38. The van der Waals surface area contributed by atoms with E-state index in [1.165, 1.54) is 10.6 Å². The van der Waals surface area contributed by atoms with Crippen molar-refractivity contribution < 1.29 is 0 Å². The first-order chi connectivity index (χ1) is 6.83. The molecule has 1 aromatic rings. The van der Waals surface area contributed by atoms with Gasteiger partial charge >= 0.3 is 0 Å². The van der Waals surface area contributed by atoms with Crippen LogP contribution in [0.15, 0.2) is 29.2 Å². The van der Waals surface area contributed by atoms with E-state index in [4.69, 9.17) is 12.2 Å². The smallest absolute Gasteiger partial charge is 0.173 e. The average Bonchev–Trinajstić information content (AvgIpc) is 2.27. The number of para-hydroxylation sites is 1. The predicted octanol–water partition coefficient (Wildman–Crippen LogP) is 2.10. The predicted molar refractivity (Wildman–Crippen MR) is 66.2 cm³/mol. The molecule has 0 amide bonds. The molecule has 0 unspecified atom stereocenters. The fourth-order valence-corrected chi connectivity index (χ4v) is 2.70. The van der Waals surface area contributed by atoms with E-state index < -0.39 is 0 Å². The van der Waals surface area contributed by atoms with Gasteiger partial charge in [-0.3, -0.25) is 0 Å². The number of benzene rings is 1. The van der Waals surface area contributed by atoms with Crippen LogP contribution < -0.4 is 10.2 Å². The standard InChI is InChI=1S/C10H12N2S2/c1-11-10(13)12-6-7-14-9-5-3-2-4-8(9)12/h2-5H,6-7H2,1H3,(H,11,13). The molecular formula is C10H12N2S2. The minimum absolute atomic E-state index is 0.803. The molecule has 4 heteroatoms. The largest absolute Gasteiger partial charge is 0.365 e. The van der Waals surface area contributed by atoms with Gasteiger partial charge < -0.3 is 10.2 Å². The Bertz CT molecular complexity index is 352. The van der Waals surface area contributed by atoms with Crippen LogP contribution >= 0.6 is 24.0 Å². The lowest BCUT2D eigenvalue weighted by Gasteiger charge is -2.30. The number of rotatable bonds is 0. The van der Waals surface area contributed by atoms with Crippen molar-refractivity contribution in [3.8, 4) is 0 Å². The Morgan fingerprint density at radius 1 is 1.50 bits per heavy atom. The van der Waals surface area contributed by atoms with Gasteiger partial charge in [-0.1, -0.05) is 12.1 Å². The molecule has 0 aliphatic carbocycles. The molecule has 0 fully saturated rings. The monoisotopic (exact) mass is 224 g/mol. The number of thiocarbonyl (C=S) groups is 1. The van der Waals surface area contributed by atoms with E-state index in [-0.39, 0.29) is 0 Å². The minimum Gasteiger partial charge on any atom is -0.365 e. The number of nitrogens with zero attached hydrogens (tertiary/aromatic N) is 1. The van der Waals surface area contributed by atoms with Crippen LogP contribution in [-0.2, 0) is 0 Å². The van der Waals surface area contributed by atoms with Crippen molar-refractivity contribution in [3.63, 3.8) is 0 Å². The van der Waals surface area contributed by atoms with Crippen molar-refractivity contribution in [2.75, 3.05) is 24.2 Å². The average molecular weight is 224 g/mol. The van der Waals surface area contributed by atoms with E-state index in [1.54, 1.807) is 0 Å². The Balaban J connectivity index is 2.35. The lowest BCUT2D eigenvalue weighted by Crippen LogP contribution is -2.41. The molecule has 0 bridgehead atoms. The third-order valence-corrected chi connectivity index (χ3v) is 3.65. The zero-order valence-corrected chi connectivity index (χ0v) is 9.62. The zero-order chi connectivity index (χ0) is 9.97. The first-order valence-corrected chi connectivity index (χ1v) is 5.93. The second kappa shape index (κ2) is 4.19. The highest BCUT2D eigenvalue weighted by atomic mass is 32.2. The minimum atomic E-state index is 0.803. The molecule has 1 heterocycles. The molecule has 1 N–H and O–H groups in total. The fraction of sp³-hybridized carbons (Fsp3) is 0.300. The Morgan fingerprint density at radius 3 is 3.07 bits per heavy atom. The van der Waals surface area contributed by atoms with Gasteiger partial charge in [-0.15, -0.1) is 11.8 Å². The summed E-state index contributed by atoms with van der Waals surface area (Å²) in [5, 5.41) is 3.83. The summed E-state index contributed by atoms with van der Waals surface area (Å²) in [6.07, 6.45) is 0. The van der Waals surface area contributed by atoms with E-state index in [0.29, 0.717) is 0 Å². The van der Waals surface area contributed by atoms with Gasteiger partial charge in [0.15, 0.2) is 5.11 Å². The summed E-state index contributed by atoms with van der Waals surface area (Å²) in [5.74, 6) is 1.10. The van der Waals surface area contributed by atoms with Crippen molar-refractivity contribution >= 4 is 34.8 Å². The van der Waals surface area contributed by atoms with Gasteiger partial charge in [-0.05, 0) is 24.4 Å². The molecule has 1 aromatic carbocycles. The zero-order valence-electron chi connectivity index (χ0n) is 7.99. The Labute approximate surface area is 93.7 Å². The SMILES string of the molecule is CNC(=S)N1CCSc2ccccc21. The number of hydrogen-bond donors (Lipinski definition) is 1. The molecule has 1 aliphatic rings. The lowest BCUT2D eigenvalue weighted by atomic mass is 10.3. The van der Waals surface area contributed by atoms with Gasteiger partial charge in [0.1, 0.15) is 0 Å². The summed E-state index contributed by atoms with van der Waals surface area (Å²) in [4.78, 5) is 3.47. The van der Waals surface area contributed by atoms with Crippen molar-refractivity contribution in [2.45, 2.75) is 4.90 Å². The molecule has 0 saturated carbocycles. The van der Waals surface area contributed by atoms with Crippen LogP contribution in [0, 0.1) is 0 Å². The van der Waals surface area contributed by atoms with Gasteiger partial charge in [0, 0.05) is 24.2 Å². The van der Waals surface area contributed by atoms with Crippen molar-refractivity contribution in [2.24, 2.45) is 0 Å². The summed E-state index contributed by atoms with van der Waals surface area (Å²) >= 11 is 7.15. The van der Waals surface area contributed by atoms with E-state index in [9.17, 15) is 0 Å². The number of anilines is 1. The summed E-state index contributed by atoms with van der Waals surface area (Å²) in [5.41, 5.74) is 1.23. The molecule has 0 saturated heterocycles. The first-order valence-electron chi connectivity index (χ1n) is 4.54. The van der Waals surface area contributed by atoms with E-state index in [1.807, 2.05) is 18.8 Å². The normalized spacial score (nSPS) is 14.8. The van der Waals surface area contributed by atoms with Crippen LogP contribution in [0.1, 0.15) is 0 Å². The molecule has 14 heavy (non-hydrogen) atoms. The second-order valence-corrected chi connectivity index (χ2v) is 4.55. The Hall–Kier alpha value is -0.740. The van der Waals surface area contributed by atoms with Crippen LogP contribution in [0.2, 0.25) is 0 Å². The first kappa shape index (κ1) is 9.80. The molecule has 1 aliphatic heterocycles. The Kier molecular flexibility index (Phi) is 2.93.